The predicted octanol–water partition coefficient (Wildman–Crippen LogP) is 5.12. The lowest BCUT2D eigenvalue weighted by Gasteiger charge is -2.37. The van der Waals surface area contributed by atoms with Gasteiger partial charge in [-0.05, 0) is 43.0 Å². The molecule has 0 spiro atoms. The third-order valence-corrected chi connectivity index (χ3v) is 6.24. The molecule has 3 aromatic rings. The first-order chi connectivity index (χ1) is 15.7. The van der Waals surface area contributed by atoms with Gasteiger partial charge in [0.15, 0.2) is 0 Å². The Hall–Kier alpha value is -3.43. The number of piperidine rings is 1. The number of anilines is 1. The fourth-order valence-corrected chi connectivity index (χ4v) is 4.82. The van der Waals surface area contributed by atoms with E-state index in [4.69, 9.17) is 0 Å². The molecule has 2 aliphatic heterocycles. The second kappa shape index (κ2) is 7.86. The lowest BCUT2D eigenvalue weighted by Crippen LogP contribution is -2.36. The first-order valence-electron chi connectivity index (χ1n) is 10.4. The third kappa shape index (κ3) is 3.73. The van der Waals surface area contributed by atoms with E-state index in [0.717, 1.165) is 5.69 Å². The second-order valence-electron chi connectivity index (χ2n) is 8.14. The summed E-state index contributed by atoms with van der Waals surface area (Å²) < 4.78 is 72.8. The minimum atomic E-state index is -5.18. The first kappa shape index (κ1) is 21.4. The number of benzene rings is 2. The molecule has 1 saturated heterocycles. The quantitative estimate of drug-likeness (QED) is 0.400. The zero-order valence-electron chi connectivity index (χ0n) is 17.1. The Balaban J connectivity index is 1.45. The van der Waals surface area contributed by atoms with Crippen LogP contribution in [0.5, 0.6) is 5.88 Å². The number of rotatable bonds is 3. The Labute approximate surface area is 185 Å². The minimum Gasteiger partial charge on any atom is -0.398 e. The van der Waals surface area contributed by atoms with Crippen molar-refractivity contribution in [3.8, 4) is 17.1 Å². The summed E-state index contributed by atoms with van der Waals surface area (Å²) >= 11 is 0. The zero-order valence-corrected chi connectivity index (χ0v) is 17.1. The summed E-state index contributed by atoms with van der Waals surface area (Å²) in [7, 11) is 0. The summed E-state index contributed by atoms with van der Waals surface area (Å²) in [5.74, 6) is -3.74. The Kier molecular flexibility index (Phi) is 5.10. The van der Waals surface area contributed by atoms with Crippen molar-refractivity contribution in [1.82, 2.24) is 9.55 Å². The molecule has 1 atom stereocenters. The Morgan fingerprint density at radius 1 is 1.06 bits per heavy atom. The van der Waals surface area contributed by atoms with Crippen molar-refractivity contribution in [3.05, 3.63) is 66.0 Å². The first-order valence-corrected chi connectivity index (χ1v) is 10.4. The zero-order chi connectivity index (χ0) is 23.3. The van der Waals surface area contributed by atoms with Gasteiger partial charge in [0.1, 0.15) is 17.3 Å². The number of carbonyl (C=O) groups is 1. The molecule has 0 radical (unpaired) electrons. The average molecular weight is 463 g/mol. The highest BCUT2D eigenvalue weighted by Crippen LogP contribution is 2.50. The number of esters is 1. The number of halogens is 5. The van der Waals surface area contributed by atoms with Gasteiger partial charge in [-0.2, -0.15) is 13.2 Å². The van der Waals surface area contributed by atoms with Crippen LogP contribution in [0.1, 0.15) is 24.4 Å². The van der Waals surface area contributed by atoms with Gasteiger partial charge in [-0.15, -0.1) is 0 Å². The van der Waals surface area contributed by atoms with Crippen molar-refractivity contribution in [2.75, 3.05) is 18.0 Å². The fraction of sp³-hybridized carbons (Fsp3) is 0.304. The van der Waals surface area contributed by atoms with Gasteiger partial charge in [0.05, 0.1) is 12.4 Å². The van der Waals surface area contributed by atoms with Crippen LogP contribution in [0.4, 0.5) is 27.6 Å². The van der Waals surface area contributed by atoms with Gasteiger partial charge in [0.2, 0.25) is 5.88 Å². The molecular weight excluding hydrogens is 445 g/mol. The Bertz CT molecular complexity index is 1220. The van der Waals surface area contributed by atoms with Crippen LogP contribution in [0.25, 0.3) is 11.3 Å². The molecule has 5 nitrogen and oxygen atoms in total. The molecule has 172 valence electrons. The summed E-state index contributed by atoms with van der Waals surface area (Å²) in [4.78, 5) is 17.3. The molecule has 1 aromatic heterocycles. The van der Waals surface area contributed by atoms with E-state index in [0.29, 0.717) is 37.1 Å². The fourth-order valence-electron chi connectivity index (χ4n) is 4.82. The number of aromatic nitrogens is 2. The molecule has 0 saturated carbocycles. The molecule has 33 heavy (non-hydrogen) atoms. The van der Waals surface area contributed by atoms with E-state index in [9.17, 15) is 26.7 Å². The van der Waals surface area contributed by atoms with Crippen molar-refractivity contribution in [2.24, 2.45) is 5.92 Å². The standard InChI is InChI=1S/C23H18F5N3O2/c24-14-3-1-4-15(11-14)30-9-7-13(8-10-30)19-18-16(5-2-6-17(18)25)20-21(29-12-31(19)20)33-22(32)23(26,27)28/h1-6,11-13,19H,7-10H2. The highest BCUT2D eigenvalue weighted by molar-refractivity contribution is 5.81. The largest absolute Gasteiger partial charge is 0.491 e. The Morgan fingerprint density at radius 3 is 2.48 bits per heavy atom. The molecule has 0 amide bonds. The number of carbonyl (C=O) groups excluding carboxylic acids is 1. The number of hydrogen-bond donors (Lipinski definition) is 0. The van der Waals surface area contributed by atoms with Crippen molar-refractivity contribution >= 4 is 11.7 Å². The number of hydrogen-bond acceptors (Lipinski definition) is 4. The van der Waals surface area contributed by atoms with Crippen LogP contribution in [0, 0.1) is 17.6 Å². The van der Waals surface area contributed by atoms with Crippen LogP contribution in [0.3, 0.4) is 0 Å². The minimum absolute atomic E-state index is 0.0490. The smallest absolute Gasteiger partial charge is 0.398 e. The van der Waals surface area contributed by atoms with E-state index in [-0.39, 0.29) is 17.4 Å². The van der Waals surface area contributed by atoms with Crippen LogP contribution >= 0.6 is 0 Å². The summed E-state index contributed by atoms with van der Waals surface area (Å²) in [6.45, 7) is 1.21. The molecular formula is C23H18F5N3O2. The maximum absolute atomic E-state index is 14.9. The lowest BCUT2D eigenvalue weighted by molar-refractivity contribution is -0.189. The Morgan fingerprint density at radius 2 is 1.79 bits per heavy atom. The lowest BCUT2D eigenvalue weighted by atomic mass is 9.85. The summed E-state index contributed by atoms with van der Waals surface area (Å²) in [6.07, 6.45) is -2.60. The molecule has 5 rings (SSSR count). The average Bonchev–Trinajstić information content (AvgIpc) is 3.32. The van der Waals surface area contributed by atoms with Gasteiger partial charge in [-0.25, -0.2) is 18.6 Å². The van der Waals surface area contributed by atoms with E-state index >= 15 is 0 Å². The molecule has 0 N–H and O–H groups in total. The SMILES string of the molecule is O=C(Oc1ncn2c1-c1cccc(F)c1C2C1CCN(c2cccc(F)c2)CC1)C(F)(F)F. The molecule has 10 heteroatoms. The van der Waals surface area contributed by atoms with E-state index in [2.05, 4.69) is 9.72 Å². The topological polar surface area (TPSA) is 47.4 Å². The van der Waals surface area contributed by atoms with Crippen molar-refractivity contribution in [1.29, 1.82) is 0 Å². The van der Waals surface area contributed by atoms with Gasteiger partial charge in [-0.1, -0.05) is 18.2 Å². The van der Waals surface area contributed by atoms with Crippen LogP contribution in [-0.2, 0) is 4.79 Å². The predicted molar refractivity (Wildman–Crippen MR) is 109 cm³/mol. The third-order valence-electron chi connectivity index (χ3n) is 6.24. The number of imidazole rings is 1. The normalized spacial score (nSPS) is 18.2. The van der Waals surface area contributed by atoms with Crippen molar-refractivity contribution < 1.29 is 31.5 Å². The van der Waals surface area contributed by atoms with Gasteiger partial charge >= 0.3 is 12.1 Å². The van der Waals surface area contributed by atoms with Gasteiger partial charge in [-0.3, -0.25) is 0 Å². The van der Waals surface area contributed by atoms with E-state index in [1.54, 1.807) is 16.7 Å². The summed E-state index contributed by atoms with van der Waals surface area (Å²) in [5.41, 5.74) is 1.62. The molecule has 1 unspecified atom stereocenters. The van der Waals surface area contributed by atoms with Crippen LogP contribution in [-0.4, -0.2) is 34.8 Å². The van der Waals surface area contributed by atoms with E-state index in [1.165, 1.54) is 30.6 Å². The monoisotopic (exact) mass is 463 g/mol. The summed E-state index contributed by atoms with van der Waals surface area (Å²) in [6, 6.07) is 10.1. The second-order valence-corrected chi connectivity index (χ2v) is 8.14. The molecule has 2 aromatic carbocycles. The molecule has 1 fully saturated rings. The maximum Gasteiger partial charge on any atom is 0.491 e. The van der Waals surface area contributed by atoms with Gasteiger partial charge in [0, 0.05) is 29.9 Å². The number of nitrogens with zero attached hydrogens (tertiary/aromatic N) is 3. The molecule has 3 heterocycles. The maximum atomic E-state index is 14.9. The van der Waals surface area contributed by atoms with Gasteiger partial charge in [0.25, 0.3) is 0 Å². The van der Waals surface area contributed by atoms with E-state index < -0.39 is 29.9 Å². The summed E-state index contributed by atoms with van der Waals surface area (Å²) in [5, 5.41) is 0. The number of alkyl halides is 3. The number of ether oxygens (including phenoxy) is 1. The van der Waals surface area contributed by atoms with Crippen LogP contribution < -0.4 is 9.64 Å². The highest BCUT2D eigenvalue weighted by atomic mass is 19.4. The van der Waals surface area contributed by atoms with Crippen LogP contribution in [0.15, 0.2) is 48.8 Å². The van der Waals surface area contributed by atoms with Crippen molar-refractivity contribution in [3.63, 3.8) is 0 Å². The highest BCUT2D eigenvalue weighted by Gasteiger charge is 2.44. The van der Waals surface area contributed by atoms with E-state index in [1.807, 2.05) is 11.0 Å². The van der Waals surface area contributed by atoms with Crippen molar-refractivity contribution in [2.45, 2.75) is 25.1 Å². The molecule has 0 aliphatic carbocycles. The van der Waals surface area contributed by atoms with Gasteiger partial charge < -0.3 is 14.2 Å². The number of fused-ring (bicyclic) bond motifs is 3. The molecule has 2 aliphatic rings. The van der Waals surface area contributed by atoms with Crippen LogP contribution in [0.2, 0.25) is 0 Å². The molecule has 0 bridgehead atoms.